The number of nitrogens with zero attached hydrogens (tertiary/aromatic N) is 4. The van der Waals surface area contributed by atoms with Gasteiger partial charge in [-0.25, -0.2) is 4.79 Å². The Kier molecular flexibility index (Phi) is 11.9. The summed E-state index contributed by atoms with van der Waals surface area (Å²) in [7, 11) is 4.58. The number of carbonyl (C=O) groups is 3. The van der Waals surface area contributed by atoms with Crippen molar-refractivity contribution in [2.75, 3.05) is 67.1 Å². The van der Waals surface area contributed by atoms with Crippen molar-refractivity contribution in [1.29, 1.82) is 0 Å². The zero-order valence-electron chi connectivity index (χ0n) is 30.4. The Balaban J connectivity index is 1.19. The van der Waals surface area contributed by atoms with Crippen molar-refractivity contribution in [3.63, 3.8) is 0 Å². The molecule has 12 nitrogen and oxygen atoms in total. The first kappa shape index (κ1) is 38.5. The van der Waals surface area contributed by atoms with E-state index >= 15 is 0 Å². The number of carboxylic acid groups (broad SMARTS) is 1. The SMILES string of the molecule is COc1cc(C(=O)N2CCC(CCN3CCC(NC(=O)N4CCCC(C(=O)O)C4)(c4ccncc4)CC3)(c3ccc(Cl)c(Cl)c3)C2)cc(OC)c1OC. The van der Waals surface area contributed by atoms with Crippen molar-refractivity contribution >= 4 is 41.1 Å². The molecule has 2 N–H and O–H groups in total. The molecule has 1 aromatic heterocycles. The molecular formula is C39H47Cl2N5O7. The van der Waals surface area contributed by atoms with E-state index in [9.17, 15) is 19.5 Å². The Bertz CT molecular complexity index is 1780. The van der Waals surface area contributed by atoms with Crippen LogP contribution in [0.1, 0.15) is 60.0 Å². The summed E-state index contributed by atoms with van der Waals surface area (Å²) in [6.45, 7) is 3.99. The summed E-state index contributed by atoms with van der Waals surface area (Å²) in [5.41, 5.74) is 1.45. The molecule has 14 heteroatoms. The third-order valence-electron chi connectivity index (χ3n) is 11.3. The molecule has 2 unspecified atom stereocenters. The normalized spacial score (nSPS) is 21.6. The molecule has 2 aromatic carbocycles. The van der Waals surface area contributed by atoms with Gasteiger partial charge in [0.25, 0.3) is 5.91 Å². The van der Waals surface area contributed by atoms with Crippen LogP contribution in [-0.2, 0) is 15.7 Å². The molecule has 2 atom stereocenters. The number of aromatic nitrogens is 1. The number of piperidine rings is 2. The van der Waals surface area contributed by atoms with E-state index in [-0.39, 0.29) is 23.9 Å². The van der Waals surface area contributed by atoms with Crippen LogP contribution in [0.4, 0.5) is 4.79 Å². The predicted molar refractivity (Wildman–Crippen MR) is 201 cm³/mol. The van der Waals surface area contributed by atoms with E-state index in [1.807, 2.05) is 35.2 Å². The number of methoxy groups -OCH3 is 3. The Morgan fingerprint density at radius 1 is 0.868 bits per heavy atom. The zero-order valence-corrected chi connectivity index (χ0v) is 31.9. The lowest BCUT2D eigenvalue weighted by atomic mass is 9.76. The van der Waals surface area contributed by atoms with E-state index < -0.39 is 17.4 Å². The molecular weight excluding hydrogens is 721 g/mol. The average molecular weight is 769 g/mol. The fraction of sp³-hybridized carbons (Fsp3) is 0.487. The van der Waals surface area contributed by atoms with E-state index in [1.54, 1.807) is 29.4 Å². The predicted octanol–water partition coefficient (Wildman–Crippen LogP) is 6.09. The number of carbonyl (C=O) groups excluding carboxylic acids is 2. The van der Waals surface area contributed by atoms with Crippen molar-refractivity contribution in [1.82, 2.24) is 25.0 Å². The number of nitrogens with one attached hydrogen (secondary N) is 1. The molecule has 3 aliphatic heterocycles. The lowest BCUT2D eigenvalue weighted by Gasteiger charge is -2.45. The van der Waals surface area contributed by atoms with Crippen LogP contribution < -0.4 is 19.5 Å². The highest BCUT2D eigenvalue weighted by Gasteiger charge is 2.44. The van der Waals surface area contributed by atoms with Gasteiger partial charge in [0.2, 0.25) is 5.75 Å². The Hall–Kier alpha value is -4.26. The molecule has 0 radical (unpaired) electrons. The molecule has 284 valence electrons. The number of hydrogen-bond donors (Lipinski definition) is 2. The first-order chi connectivity index (χ1) is 25.5. The number of ether oxygens (including phenoxy) is 3. The van der Waals surface area contributed by atoms with Crippen LogP contribution in [0.5, 0.6) is 17.2 Å². The second kappa shape index (κ2) is 16.4. The van der Waals surface area contributed by atoms with Gasteiger partial charge in [0.1, 0.15) is 0 Å². The largest absolute Gasteiger partial charge is 0.493 e. The number of likely N-dealkylation sites (tertiary alicyclic amines) is 3. The van der Waals surface area contributed by atoms with Gasteiger partial charge < -0.3 is 39.3 Å². The summed E-state index contributed by atoms with van der Waals surface area (Å²) in [5, 5.41) is 13.9. The first-order valence-corrected chi connectivity index (χ1v) is 18.7. The number of carboxylic acids is 1. The number of amides is 3. The van der Waals surface area contributed by atoms with Gasteiger partial charge in [-0.1, -0.05) is 29.3 Å². The summed E-state index contributed by atoms with van der Waals surface area (Å²) in [6.07, 6.45) is 7.56. The molecule has 6 rings (SSSR count). The van der Waals surface area contributed by atoms with Crippen LogP contribution in [-0.4, -0.2) is 110 Å². The summed E-state index contributed by atoms with van der Waals surface area (Å²) in [6, 6.07) is 12.8. The molecule has 53 heavy (non-hydrogen) atoms. The maximum Gasteiger partial charge on any atom is 0.318 e. The maximum absolute atomic E-state index is 14.0. The van der Waals surface area contributed by atoms with Crippen LogP contribution in [0.2, 0.25) is 10.0 Å². The van der Waals surface area contributed by atoms with Gasteiger partial charge in [0.05, 0.1) is 42.8 Å². The van der Waals surface area contributed by atoms with Crippen LogP contribution in [0, 0.1) is 5.92 Å². The molecule has 0 aliphatic carbocycles. The third-order valence-corrected chi connectivity index (χ3v) is 12.1. The molecule has 3 saturated heterocycles. The second-order valence-corrected chi connectivity index (χ2v) is 15.1. The minimum atomic E-state index is -0.866. The molecule has 4 heterocycles. The molecule has 0 spiro atoms. The summed E-state index contributed by atoms with van der Waals surface area (Å²) >= 11 is 12.9. The number of aliphatic carboxylic acids is 1. The maximum atomic E-state index is 14.0. The van der Waals surface area contributed by atoms with Gasteiger partial charge >= 0.3 is 12.0 Å². The van der Waals surface area contributed by atoms with Crippen LogP contribution in [0.15, 0.2) is 54.9 Å². The van der Waals surface area contributed by atoms with Crippen molar-refractivity contribution in [2.45, 2.75) is 49.5 Å². The molecule has 0 bridgehead atoms. The smallest absolute Gasteiger partial charge is 0.318 e. The third kappa shape index (κ3) is 8.14. The molecule has 3 aliphatic rings. The van der Waals surface area contributed by atoms with Gasteiger partial charge in [0.15, 0.2) is 11.5 Å². The van der Waals surface area contributed by atoms with E-state index in [2.05, 4.69) is 15.2 Å². The lowest BCUT2D eigenvalue weighted by Crippen LogP contribution is -2.57. The van der Waals surface area contributed by atoms with E-state index in [1.165, 1.54) is 21.3 Å². The van der Waals surface area contributed by atoms with E-state index in [4.69, 9.17) is 37.4 Å². The lowest BCUT2D eigenvalue weighted by molar-refractivity contribution is -0.143. The van der Waals surface area contributed by atoms with Crippen molar-refractivity contribution in [2.24, 2.45) is 5.92 Å². The van der Waals surface area contributed by atoms with Gasteiger partial charge in [-0.15, -0.1) is 0 Å². The van der Waals surface area contributed by atoms with Gasteiger partial charge in [-0.05, 0) is 92.6 Å². The molecule has 3 aromatic rings. The number of pyridine rings is 1. The Labute approximate surface area is 320 Å². The fourth-order valence-corrected chi connectivity index (χ4v) is 8.48. The topological polar surface area (TPSA) is 134 Å². The number of benzene rings is 2. The van der Waals surface area contributed by atoms with Crippen LogP contribution in [0.25, 0.3) is 0 Å². The van der Waals surface area contributed by atoms with Crippen LogP contribution >= 0.6 is 23.2 Å². The quantitative estimate of drug-likeness (QED) is 0.238. The number of halogens is 2. The standard InChI is InChI=1S/C39H47Cl2N5O7/c1-51-32-21-27(22-33(52-2)34(32)53-3)35(47)46-20-11-38(25-46,29-6-7-30(40)31(41)23-29)10-17-44-18-12-39(13-19-44,28-8-14-42-15-9-28)43-37(50)45-16-4-5-26(24-45)36(48)49/h6-9,14-15,21-23,26H,4-5,10-13,16-20,24-25H2,1-3H3,(H,43,50)(H,48,49). The average Bonchev–Trinajstić information content (AvgIpc) is 3.63. The number of rotatable bonds is 11. The minimum Gasteiger partial charge on any atom is -0.493 e. The zero-order chi connectivity index (χ0) is 37.8. The highest BCUT2D eigenvalue weighted by Crippen LogP contribution is 2.43. The summed E-state index contributed by atoms with van der Waals surface area (Å²) in [4.78, 5) is 49.5. The molecule has 3 amide bonds. The highest BCUT2D eigenvalue weighted by molar-refractivity contribution is 6.42. The minimum absolute atomic E-state index is 0.134. The van der Waals surface area contributed by atoms with Crippen molar-refractivity contribution in [3.05, 3.63) is 81.6 Å². The molecule has 3 fully saturated rings. The summed E-state index contributed by atoms with van der Waals surface area (Å²) < 4.78 is 16.5. The second-order valence-electron chi connectivity index (χ2n) is 14.3. The monoisotopic (exact) mass is 767 g/mol. The van der Waals surface area contributed by atoms with E-state index in [0.717, 1.165) is 43.6 Å². The van der Waals surface area contributed by atoms with Gasteiger partial charge in [-0.2, -0.15) is 0 Å². The van der Waals surface area contributed by atoms with Crippen molar-refractivity contribution < 1.29 is 33.7 Å². The number of hydrogen-bond acceptors (Lipinski definition) is 8. The van der Waals surface area contributed by atoms with E-state index in [0.29, 0.717) is 78.2 Å². The Morgan fingerprint density at radius 2 is 1.57 bits per heavy atom. The molecule has 0 saturated carbocycles. The van der Waals surface area contributed by atoms with Crippen molar-refractivity contribution in [3.8, 4) is 17.2 Å². The van der Waals surface area contributed by atoms with Gasteiger partial charge in [0, 0.05) is 62.6 Å². The number of urea groups is 1. The fourth-order valence-electron chi connectivity index (χ4n) is 8.18. The summed E-state index contributed by atoms with van der Waals surface area (Å²) in [5.74, 6) is -0.311. The van der Waals surface area contributed by atoms with Gasteiger partial charge in [-0.3, -0.25) is 14.6 Å². The first-order valence-electron chi connectivity index (χ1n) is 18.0. The van der Waals surface area contributed by atoms with Crippen LogP contribution in [0.3, 0.4) is 0 Å². The Morgan fingerprint density at radius 3 is 2.19 bits per heavy atom. The highest BCUT2D eigenvalue weighted by atomic mass is 35.5.